The number of amides is 1. The van der Waals surface area contributed by atoms with Gasteiger partial charge in [0.05, 0.1) is 5.41 Å². The van der Waals surface area contributed by atoms with Crippen LogP contribution < -0.4 is 10.6 Å². The molecule has 0 aliphatic carbocycles. The van der Waals surface area contributed by atoms with Crippen LogP contribution in [-0.2, 0) is 4.79 Å². The Labute approximate surface area is 80.6 Å². The molecule has 0 fully saturated rings. The Hall–Kier alpha value is -0.830. The van der Waals surface area contributed by atoms with Gasteiger partial charge in [-0.25, -0.2) is 0 Å². The van der Waals surface area contributed by atoms with Crippen molar-refractivity contribution in [1.29, 1.82) is 0 Å². The third kappa shape index (κ3) is 4.68. The van der Waals surface area contributed by atoms with Crippen molar-refractivity contribution in [2.75, 3.05) is 20.1 Å². The summed E-state index contributed by atoms with van der Waals surface area (Å²) in [6.45, 7) is 11.0. The number of carbonyl (C=O) groups excluding carboxylic acids is 1. The first-order valence-electron chi connectivity index (χ1n) is 4.47. The number of hydrogen-bond acceptors (Lipinski definition) is 2. The molecule has 0 radical (unpaired) electrons. The minimum absolute atomic E-state index is 0.0571. The molecule has 0 aromatic carbocycles. The van der Waals surface area contributed by atoms with Crippen molar-refractivity contribution in [1.82, 2.24) is 10.6 Å². The van der Waals surface area contributed by atoms with Gasteiger partial charge in [-0.15, -0.1) is 0 Å². The lowest BCUT2D eigenvalue weighted by Gasteiger charge is -2.22. The maximum atomic E-state index is 11.3. The summed E-state index contributed by atoms with van der Waals surface area (Å²) in [6, 6.07) is 0. The second kappa shape index (κ2) is 5.02. The Morgan fingerprint density at radius 1 is 1.46 bits per heavy atom. The summed E-state index contributed by atoms with van der Waals surface area (Å²) in [4.78, 5) is 11.3. The monoisotopic (exact) mass is 184 g/mol. The van der Waals surface area contributed by atoms with E-state index < -0.39 is 0 Å². The maximum Gasteiger partial charge on any atom is 0.226 e. The number of carbonyl (C=O) groups is 1. The first kappa shape index (κ1) is 12.2. The van der Waals surface area contributed by atoms with E-state index in [4.69, 9.17) is 0 Å². The molecule has 76 valence electrons. The zero-order chi connectivity index (χ0) is 10.5. The highest BCUT2D eigenvalue weighted by Crippen LogP contribution is 2.12. The van der Waals surface area contributed by atoms with Crippen molar-refractivity contribution in [2.24, 2.45) is 5.41 Å². The fraction of sp³-hybridized carbons (Fsp3) is 0.700. The van der Waals surface area contributed by atoms with Crippen LogP contribution in [0.2, 0.25) is 0 Å². The molecule has 3 nitrogen and oxygen atoms in total. The van der Waals surface area contributed by atoms with Gasteiger partial charge < -0.3 is 10.6 Å². The normalized spacial score (nSPS) is 11.1. The average molecular weight is 184 g/mol. The molecule has 0 aliphatic heterocycles. The van der Waals surface area contributed by atoms with Gasteiger partial charge in [0.1, 0.15) is 0 Å². The van der Waals surface area contributed by atoms with Crippen LogP contribution in [0, 0.1) is 5.41 Å². The average Bonchev–Trinajstić information content (AvgIpc) is 2.01. The summed E-state index contributed by atoms with van der Waals surface area (Å²) < 4.78 is 0. The Balaban J connectivity index is 3.89. The molecule has 2 N–H and O–H groups in total. The molecule has 1 amide bonds. The minimum Gasteiger partial charge on any atom is -0.359 e. The van der Waals surface area contributed by atoms with E-state index in [2.05, 4.69) is 17.2 Å². The molecule has 0 rings (SSSR count). The zero-order valence-corrected chi connectivity index (χ0v) is 9.03. The maximum absolute atomic E-state index is 11.3. The molecule has 3 heteroatoms. The predicted octanol–water partition coefficient (Wildman–Crippen LogP) is 0.924. The molecule has 13 heavy (non-hydrogen) atoms. The summed E-state index contributed by atoms with van der Waals surface area (Å²) in [6.07, 6.45) is 0. The quantitative estimate of drug-likeness (QED) is 0.624. The van der Waals surface area contributed by atoms with Gasteiger partial charge in [-0.2, -0.15) is 0 Å². The molecular formula is C10H20N2O. The van der Waals surface area contributed by atoms with Crippen LogP contribution >= 0.6 is 0 Å². The van der Waals surface area contributed by atoms with Crippen molar-refractivity contribution in [3.63, 3.8) is 0 Å². The highest BCUT2D eigenvalue weighted by molar-refractivity contribution is 5.81. The van der Waals surface area contributed by atoms with E-state index in [1.807, 2.05) is 20.8 Å². The van der Waals surface area contributed by atoms with E-state index in [9.17, 15) is 4.79 Å². The summed E-state index contributed by atoms with van der Waals surface area (Å²) in [5.41, 5.74) is 0.720. The summed E-state index contributed by atoms with van der Waals surface area (Å²) in [5, 5.41) is 5.82. The van der Waals surface area contributed by atoms with Gasteiger partial charge in [0.2, 0.25) is 5.91 Å². The lowest BCUT2D eigenvalue weighted by Crippen LogP contribution is -2.42. The Morgan fingerprint density at radius 2 is 2.00 bits per heavy atom. The van der Waals surface area contributed by atoms with Crippen molar-refractivity contribution in [3.8, 4) is 0 Å². The number of rotatable bonds is 5. The largest absolute Gasteiger partial charge is 0.359 e. The second-order valence-corrected chi connectivity index (χ2v) is 4.02. The van der Waals surface area contributed by atoms with Crippen molar-refractivity contribution >= 4 is 5.91 Å². The minimum atomic E-state index is -0.357. The van der Waals surface area contributed by atoms with Crippen LogP contribution in [0.1, 0.15) is 20.8 Å². The second-order valence-electron chi connectivity index (χ2n) is 4.02. The third-order valence-corrected chi connectivity index (χ3v) is 1.84. The smallest absolute Gasteiger partial charge is 0.226 e. The third-order valence-electron chi connectivity index (χ3n) is 1.84. The fourth-order valence-corrected chi connectivity index (χ4v) is 1.01. The van der Waals surface area contributed by atoms with E-state index in [0.717, 1.165) is 12.1 Å². The first-order valence-corrected chi connectivity index (χ1v) is 4.47. The summed E-state index contributed by atoms with van der Waals surface area (Å²) in [7, 11) is 1.66. The van der Waals surface area contributed by atoms with Crippen LogP contribution in [-0.4, -0.2) is 26.0 Å². The lowest BCUT2D eigenvalue weighted by molar-refractivity contribution is -0.128. The molecule has 0 aromatic heterocycles. The fourth-order valence-electron chi connectivity index (χ4n) is 1.01. The van der Waals surface area contributed by atoms with E-state index >= 15 is 0 Å². The summed E-state index contributed by atoms with van der Waals surface area (Å²) >= 11 is 0. The van der Waals surface area contributed by atoms with E-state index in [1.165, 1.54) is 0 Å². The number of nitrogens with one attached hydrogen (secondary N) is 2. The number of hydrogen-bond donors (Lipinski definition) is 2. The predicted molar refractivity (Wildman–Crippen MR) is 55.5 cm³/mol. The van der Waals surface area contributed by atoms with Gasteiger partial charge in [-0.05, 0) is 20.8 Å². The van der Waals surface area contributed by atoms with Gasteiger partial charge in [0, 0.05) is 20.1 Å². The standard InChI is InChI=1S/C10H20N2O/c1-8(2)6-12-7-10(3,4)9(13)11-5/h12H,1,6-7H2,2-5H3,(H,11,13). The highest BCUT2D eigenvalue weighted by atomic mass is 16.2. The van der Waals surface area contributed by atoms with Crippen LogP contribution in [0.15, 0.2) is 12.2 Å². The Morgan fingerprint density at radius 3 is 2.38 bits per heavy atom. The van der Waals surface area contributed by atoms with Crippen LogP contribution in [0.3, 0.4) is 0 Å². The van der Waals surface area contributed by atoms with Crippen LogP contribution in [0.4, 0.5) is 0 Å². The van der Waals surface area contributed by atoms with Crippen LogP contribution in [0.25, 0.3) is 0 Å². The zero-order valence-electron chi connectivity index (χ0n) is 9.03. The summed E-state index contributed by atoms with van der Waals surface area (Å²) in [5.74, 6) is 0.0571. The van der Waals surface area contributed by atoms with E-state index in [-0.39, 0.29) is 11.3 Å². The first-order chi connectivity index (χ1) is 5.90. The van der Waals surface area contributed by atoms with E-state index in [1.54, 1.807) is 7.05 Å². The SMILES string of the molecule is C=C(C)CNCC(C)(C)C(=O)NC. The van der Waals surface area contributed by atoms with E-state index in [0.29, 0.717) is 6.54 Å². The molecule has 0 bridgehead atoms. The van der Waals surface area contributed by atoms with Gasteiger partial charge in [-0.3, -0.25) is 4.79 Å². The van der Waals surface area contributed by atoms with Gasteiger partial charge in [0.25, 0.3) is 0 Å². The highest BCUT2D eigenvalue weighted by Gasteiger charge is 2.25. The Bertz CT molecular complexity index is 197. The Kier molecular flexibility index (Phi) is 4.70. The molecular weight excluding hydrogens is 164 g/mol. The van der Waals surface area contributed by atoms with Gasteiger partial charge in [-0.1, -0.05) is 12.2 Å². The molecule has 0 atom stereocenters. The topological polar surface area (TPSA) is 41.1 Å². The van der Waals surface area contributed by atoms with Crippen LogP contribution in [0.5, 0.6) is 0 Å². The van der Waals surface area contributed by atoms with Crippen molar-refractivity contribution in [3.05, 3.63) is 12.2 Å². The molecule has 0 heterocycles. The van der Waals surface area contributed by atoms with Gasteiger partial charge in [0.15, 0.2) is 0 Å². The molecule has 0 aliphatic rings. The van der Waals surface area contributed by atoms with Crippen molar-refractivity contribution < 1.29 is 4.79 Å². The molecule has 0 aromatic rings. The lowest BCUT2D eigenvalue weighted by atomic mass is 9.92. The molecule has 0 saturated heterocycles. The molecule has 0 spiro atoms. The molecule has 0 unspecified atom stereocenters. The molecule has 0 saturated carbocycles. The van der Waals surface area contributed by atoms with Crippen molar-refractivity contribution in [2.45, 2.75) is 20.8 Å². The van der Waals surface area contributed by atoms with Gasteiger partial charge >= 0.3 is 0 Å².